The molecule has 2 fully saturated rings. The molecule has 1 aromatic heterocycles. The first-order valence-electron chi connectivity index (χ1n) is 13.6. The molecule has 0 unspecified atom stereocenters. The summed E-state index contributed by atoms with van der Waals surface area (Å²) in [7, 11) is -2.05. The maximum Gasteiger partial charge on any atom is 0.242 e. The van der Waals surface area contributed by atoms with Crippen LogP contribution in [-0.4, -0.2) is 64.4 Å². The van der Waals surface area contributed by atoms with Crippen molar-refractivity contribution in [3.8, 4) is 5.75 Å². The first-order valence-corrected chi connectivity index (χ1v) is 15.0. The van der Waals surface area contributed by atoms with Crippen LogP contribution in [0.1, 0.15) is 32.3 Å². The van der Waals surface area contributed by atoms with Crippen LogP contribution in [0.4, 0.5) is 34.6 Å². The standard InChI is InChI=1S/C28H35N7O4S/c1-28(2)17-29-25-24(28)26(30-21-6-4-5-7-23(21)40(36,37)34-18-8-9-18)33-27(32-25)31-20-11-10-19(16-22(20)38-3)35-12-14-39-15-13-35/h4-7,10-11,16,18,34H,8-9,12-15,17H2,1-3H3,(H3,29,30,31,32,33). The largest absolute Gasteiger partial charge is 0.494 e. The van der Waals surface area contributed by atoms with E-state index < -0.39 is 10.0 Å². The topological polar surface area (TPSA) is 130 Å². The summed E-state index contributed by atoms with van der Waals surface area (Å²) in [4.78, 5) is 12.1. The maximum atomic E-state index is 13.1. The van der Waals surface area contributed by atoms with Gasteiger partial charge in [0.05, 0.1) is 31.7 Å². The number of benzene rings is 2. The van der Waals surface area contributed by atoms with Crippen LogP contribution in [-0.2, 0) is 20.2 Å². The molecule has 0 atom stereocenters. The predicted octanol–water partition coefficient (Wildman–Crippen LogP) is 3.95. The highest BCUT2D eigenvalue weighted by atomic mass is 32.2. The number of hydrogen-bond donors (Lipinski definition) is 4. The third-order valence-corrected chi connectivity index (χ3v) is 9.00. The predicted molar refractivity (Wildman–Crippen MR) is 156 cm³/mol. The molecule has 4 N–H and O–H groups in total. The van der Waals surface area contributed by atoms with Crippen LogP contribution in [0.2, 0.25) is 0 Å². The highest BCUT2D eigenvalue weighted by Crippen LogP contribution is 2.42. The van der Waals surface area contributed by atoms with Gasteiger partial charge in [-0.15, -0.1) is 0 Å². The van der Waals surface area contributed by atoms with Gasteiger partial charge >= 0.3 is 0 Å². The Bertz CT molecular complexity index is 1520. The number of anilines is 6. The Morgan fingerprint density at radius 3 is 2.58 bits per heavy atom. The van der Waals surface area contributed by atoms with Gasteiger partial charge < -0.3 is 30.3 Å². The Kier molecular flexibility index (Phi) is 6.93. The Hall–Kier alpha value is -3.61. The lowest BCUT2D eigenvalue weighted by Crippen LogP contribution is -2.36. The first kappa shape index (κ1) is 26.6. The van der Waals surface area contributed by atoms with Gasteiger partial charge in [-0.1, -0.05) is 26.0 Å². The van der Waals surface area contributed by atoms with Gasteiger partial charge in [0.2, 0.25) is 16.0 Å². The zero-order chi connectivity index (χ0) is 27.9. The third-order valence-electron chi connectivity index (χ3n) is 7.42. The number of nitrogens with zero attached hydrogens (tertiary/aromatic N) is 3. The zero-order valence-corrected chi connectivity index (χ0v) is 23.8. The SMILES string of the molecule is COc1cc(N2CCOCC2)ccc1Nc1nc2c(c(Nc3ccccc3S(=O)(=O)NC3CC3)n1)C(C)(C)CN2. The van der Waals surface area contributed by atoms with E-state index in [1.807, 2.05) is 24.3 Å². The number of aromatic nitrogens is 2. The molecule has 1 saturated heterocycles. The van der Waals surface area contributed by atoms with E-state index in [1.165, 1.54) is 0 Å². The van der Waals surface area contributed by atoms with Crippen LogP contribution < -0.4 is 30.3 Å². The van der Waals surface area contributed by atoms with Crippen LogP contribution in [0.25, 0.3) is 0 Å². The summed E-state index contributed by atoms with van der Waals surface area (Å²) in [5.74, 6) is 2.27. The first-order chi connectivity index (χ1) is 19.2. The highest BCUT2D eigenvalue weighted by molar-refractivity contribution is 7.89. The minimum absolute atomic E-state index is 0.00454. The minimum Gasteiger partial charge on any atom is -0.494 e. The number of methoxy groups -OCH3 is 1. The number of ether oxygens (including phenoxy) is 2. The number of sulfonamides is 1. The van der Waals surface area contributed by atoms with Gasteiger partial charge in [-0.25, -0.2) is 13.1 Å². The molecule has 6 rings (SSSR count). The fourth-order valence-electron chi connectivity index (χ4n) is 5.11. The number of morpholine rings is 1. The third kappa shape index (κ3) is 5.38. The number of para-hydroxylation sites is 1. The molecule has 212 valence electrons. The summed E-state index contributed by atoms with van der Waals surface area (Å²) in [5, 5.41) is 10.0. The van der Waals surface area contributed by atoms with Crippen LogP contribution >= 0.6 is 0 Å². The molecule has 12 heteroatoms. The second kappa shape index (κ2) is 10.4. The summed E-state index contributed by atoms with van der Waals surface area (Å²) < 4.78 is 40.3. The summed E-state index contributed by atoms with van der Waals surface area (Å²) >= 11 is 0. The van der Waals surface area contributed by atoms with Gasteiger partial charge in [-0.2, -0.15) is 9.97 Å². The minimum atomic E-state index is -3.69. The average Bonchev–Trinajstić information content (AvgIpc) is 3.70. The van der Waals surface area contributed by atoms with E-state index >= 15 is 0 Å². The lowest BCUT2D eigenvalue weighted by Gasteiger charge is -2.29. The van der Waals surface area contributed by atoms with E-state index in [1.54, 1.807) is 25.3 Å². The average molecular weight is 566 g/mol. The van der Waals surface area contributed by atoms with Crippen molar-refractivity contribution in [3.05, 3.63) is 48.0 Å². The van der Waals surface area contributed by atoms with E-state index in [0.29, 0.717) is 48.8 Å². The molecule has 3 aliphatic rings. The van der Waals surface area contributed by atoms with Gasteiger partial charge in [0, 0.05) is 48.4 Å². The number of fused-ring (bicyclic) bond motifs is 1. The Balaban J connectivity index is 1.34. The molecule has 11 nitrogen and oxygen atoms in total. The van der Waals surface area contributed by atoms with Crippen molar-refractivity contribution in [1.82, 2.24) is 14.7 Å². The number of nitrogens with one attached hydrogen (secondary N) is 4. The molecule has 0 bridgehead atoms. The van der Waals surface area contributed by atoms with Gasteiger partial charge in [0.1, 0.15) is 22.3 Å². The quantitative estimate of drug-likeness (QED) is 0.303. The van der Waals surface area contributed by atoms with Crippen LogP contribution in [0, 0.1) is 0 Å². The van der Waals surface area contributed by atoms with E-state index in [2.05, 4.69) is 39.4 Å². The van der Waals surface area contributed by atoms with Crippen LogP contribution in [0.3, 0.4) is 0 Å². The van der Waals surface area contributed by atoms with Crippen molar-refractivity contribution in [2.24, 2.45) is 0 Å². The van der Waals surface area contributed by atoms with Gasteiger partial charge in [-0.3, -0.25) is 0 Å². The number of rotatable bonds is 9. The molecule has 40 heavy (non-hydrogen) atoms. The lowest BCUT2D eigenvalue weighted by molar-refractivity contribution is 0.122. The molecule has 0 spiro atoms. The van der Waals surface area contributed by atoms with Gasteiger partial charge in [0.15, 0.2) is 0 Å². The molecule has 2 aliphatic heterocycles. The van der Waals surface area contributed by atoms with Gasteiger partial charge in [0.25, 0.3) is 0 Å². The Morgan fingerprint density at radius 1 is 1.05 bits per heavy atom. The van der Waals surface area contributed by atoms with Crippen molar-refractivity contribution >= 4 is 44.7 Å². The van der Waals surface area contributed by atoms with E-state index in [-0.39, 0.29) is 16.4 Å². The summed E-state index contributed by atoms with van der Waals surface area (Å²) in [6, 6.07) is 12.9. The molecule has 2 aromatic carbocycles. The van der Waals surface area contributed by atoms with Crippen molar-refractivity contribution in [1.29, 1.82) is 0 Å². The molecule has 1 saturated carbocycles. The number of hydrogen-bond acceptors (Lipinski definition) is 10. The molecule has 3 heterocycles. The maximum absolute atomic E-state index is 13.1. The van der Waals surface area contributed by atoms with Crippen LogP contribution in [0.15, 0.2) is 47.4 Å². The fourth-order valence-corrected chi connectivity index (χ4v) is 6.57. The fraction of sp³-hybridized carbons (Fsp3) is 0.429. The summed E-state index contributed by atoms with van der Waals surface area (Å²) in [6.45, 7) is 7.95. The molecular weight excluding hydrogens is 530 g/mol. The lowest BCUT2D eigenvalue weighted by atomic mass is 9.88. The smallest absolute Gasteiger partial charge is 0.242 e. The van der Waals surface area contributed by atoms with E-state index in [9.17, 15) is 8.42 Å². The second-order valence-electron chi connectivity index (χ2n) is 11.0. The molecule has 0 radical (unpaired) electrons. The second-order valence-corrected chi connectivity index (χ2v) is 12.7. The molecule has 3 aromatic rings. The zero-order valence-electron chi connectivity index (χ0n) is 23.0. The summed E-state index contributed by atoms with van der Waals surface area (Å²) in [5.41, 5.74) is 2.87. The summed E-state index contributed by atoms with van der Waals surface area (Å²) in [6.07, 6.45) is 1.72. The highest BCUT2D eigenvalue weighted by Gasteiger charge is 2.36. The van der Waals surface area contributed by atoms with Crippen LogP contribution in [0.5, 0.6) is 5.75 Å². The van der Waals surface area contributed by atoms with Crippen molar-refractivity contribution in [2.45, 2.75) is 43.0 Å². The van der Waals surface area contributed by atoms with Crippen molar-refractivity contribution in [2.75, 3.05) is 60.8 Å². The monoisotopic (exact) mass is 565 g/mol. The van der Waals surface area contributed by atoms with E-state index in [0.717, 1.165) is 42.9 Å². The van der Waals surface area contributed by atoms with Crippen molar-refractivity contribution in [3.63, 3.8) is 0 Å². The van der Waals surface area contributed by atoms with Gasteiger partial charge in [-0.05, 0) is 37.1 Å². The van der Waals surface area contributed by atoms with Crippen molar-refractivity contribution < 1.29 is 17.9 Å². The molecule has 0 amide bonds. The molecular formula is C28H35N7O4S. The normalized spacial score (nSPS) is 18.1. The Labute approximate surface area is 234 Å². The Morgan fingerprint density at radius 2 is 1.82 bits per heavy atom. The molecule has 1 aliphatic carbocycles. The van der Waals surface area contributed by atoms with E-state index in [4.69, 9.17) is 19.4 Å².